The van der Waals surface area contributed by atoms with E-state index in [2.05, 4.69) is 15.5 Å². The summed E-state index contributed by atoms with van der Waals surface area (Å²) >= 11 is 1.62. The maximum Gasteiger partial charge on any atom is 0.313 e. The molecule has 23 heavy (non-hydrogen) atoms. The van der Waals surface area contributed by atoms with E-state index in [0.717, 1.165) is 30.8 Å². The van der Waals surface area contributed by atoms with E-state index < -0.39 is 11.8 Å². The molecule has 0 radical (unpaired) electrons. The average Bonchev–Trinajstić information content (AvgIpc) is 2.57. The van der Waals surface area contributed by atoms with Crippen LogP contribution in [0, 0.1) is 0 Å². The molecular weight excluding hydrogens is 314 g/mol. The van der Waals surface area contributed by atoms with Crippen LogP contribution >= 0.6 is 11.8 Å². The fourth-order valence-electron chi connectivity index (χ4n) is 2.56. The number of rotatable bonds is 5. The molecule has 1 aliphatic heterocycles. The van der Waals surface area contributed by atoms with Crippen molar-refractivity contribution in [3.05, 3.63) is 24.3 Å². The number of thioether (sulfide) groups is 1. The number of aliphatic hydroxyl groups excluding tert-OH is 1. The molecule has 126 valence electrons. The van der Waals surface area contributed by atoms with Crippen LogP contribution in [0.4, 0.5) is 5.69 Å². The summed E-state index contributed by atoms with van der Waals surface area (Å²) < 4.78 is 0. The molecular formula is C16H23N3O3S. The Morgan fingerprint density at radius 1 is 1.22 bits per heavy atom. The minimum atomic E-state index is -0.639. The largest absolute Gasteiger partial charge is 0.395 e. The molecule has 2 amide bonds. The number of carbonyl (C=O) groups excluding carboxylic acids is 2. The van der Waals surface area contributed by atoms with Gasteiger partial charge in [-0.1, -0.05) is 0 Å². The van der Waals surface area contributed by atoms with Crippen molar-refractivity contribution in [2.75, 3.05) is 37.8 Å². The molecule has 1 fully saturated rings. The maximum absolute atomic E-state index is 12.0. The maximum atomic E-state index is 12.0. The quantitative estimate of drug-likeness (QED) is 0.550. The van der Waals surface area contributed by atoms with Crippen LogP contribution in [0.1, 0.15) is 12.8 Å². The highest BCUT2D eigenvalue weighted by Crippen LogP contribution is 2.17. The number of likely N-dealkylation sites (tertiary alicyclic amines) is 1. The molecule has 3 N–H and O–H groups in total. The molecule has 1 aromatic carbocycles. The summed E-state index contributed by atoms with van der Waals surface area (Å²) in [6, 6.07) is 7.38. The molecule has 6 nitrogen and oxygen atoms in total. The molecule has 7 heteroatoms. The van der Waals surface area contributed by atoms with Gasteiger partial charge in [-0.05, 0) is 43.4 Å². The number of nitrogens with one attached hydrogen (secondary N) is 2. The third-order valence-electron chi connectivity index (χ3n) is 3.89. The van der Waals surface area contributed by atoms with Crippen LogP contribution in [0.25, 0.3) is 0 Å². The number of nitrogens with zero attached hydrogens (tertiary/aromatic N) is 1. The number of carbonyl (C=O) groups is 2. The van der Waals surface area contributed by atoms with Gasteiger partial charge in [0.25, 0.3) is 0 Å². The van der Waals surface area contributed by atoms with E-state index >= 15 is 0 Å². The number of hydrogen-bond acceptors (Lipinski definition) is 5. The number of piperidine rings is 1. The first kappa shape index (κ1) is 17.8. The van der Waals surface area contributed by atoms with Crippen molar-refractivity contribution >= 4 is 29.3 Å². The molecule has 0 bridgehead atoms. The Hall–Kier alpha value is -1.57. The van der Waals surface area contributed by atoms with Crippen LogP contribution in [-0.4, -0.2) is 60.4 Å². The molecule has 1 aromatic rings. The fourth-order valence-corrected chi connectivity index (χ4v) is 2.96. The van der Waals surface area contributed by atoms with Crippen LogP contribution < -0.4 is 10.6 Å². The number of hydrogen-bond donors (Lipinski definition) is 3. The molecule has 1 heterocycles. The Morgan fingerprint density at radius 3 is 2.43 bits per heavy atom. The van der Waals surface area contributed by atoms with Crippen molar-refractivity contribution in [3.8, 4) is 0 Å². The van der Waals surface area contributed by atoms with Gasteiger partial charge in [-0.25, -0.2) is 0 Å². The van der Waals surface area contributed by atoms with Crippen LogP contribution in [0.5, 0.6) is 0 Å². The smallest absolute Gasteiger partial charge is 0.313 e. The van der Waals surface area contributed by atoms with Crippen molar-refractivity contribution in [2.24, 2.45) is 0 Å². The van der Waals surface area contributed by atoms with Crippen LogP contribution in [0.3, 0.4) is 0 Å². The van der Waals surface area contributed by atoms with Crippen LogP contribution in [0.15, 0.2) is 29.2 Å². The third kappa shape index (κ3) is 5.53. The van der Waals surface area contributed by atoms with Gasteiger partial charge in [0.1, 0.15) is 0 Å². The van der Waals surface area contributed by atoms with E-state index in [1.165, 1.54) is 0 Å². The number of anilines is 1. The summed E-state index contributed by atoms with van der Waals surface area (Å²) in [5.41, 5.74) is 0.612. The number of β-amino-alcohol motifs (C(OH)–C–C–N with tert-alkyl or cyclic N) is 1. The fraction of sp³-hybridized carbons (Fsp3) is 0.500. The first-order chi connectivity index (χ1) is 11.1. The van der Waals surface area contributed by atoms with Crippen molar-refractivity contribution in [3.63, 3.8) is 0 Å². The lowest BCUT2D eigenvalue weighted by Gasteiger charge is -2.31. The van der Waals surface area contributed by atoms with Gasteiger partial charge in [0.2, 0.25) is 0 Å². The van der Waals surface area contributed by atoms with Gasteiger partial charge >= 0.3 is 11.8 Å². The Morgan fingerprint density at radius 2 is 1.87 bits per heavy atom. The lowest BCUT2D eigenvalue weighted by molar-refractivity contribution is -0.136. The number of aliphatic hydroxyl groups is 1. The van der Waals surface area contributed by atoms with Crippen molar-refractivity contribution < 1.29 is 14.7 Å². The normalized spacial score (nSPS) is 16.1. The zero-order chi connectivity index (χ0) is 16.7. The van der Waals surface area contributed by atoms with Gasteiger partial charge < -0.3 is 20.6 Å². The lowest BCUT2D eigenvalue weighted by atomic mass is 10.1. The highest BCUT2D eigenvalue weighted by atomic mass is 32.2. The van der Waals surface area contributed by atoms with E-state index in [4.69, 9.17) is 5.11 Å². The summed E-state index contributed by atoms with van der Waals surface area (Å²) in [4.78, 5) is 27.1. The molecule has 0 saturated carbocycles. The predicted octanol–water partition coefficient (Wildman–Crippen LogP) is 0.920. The average molecular weight is 337 g/mol. The predicted molar refractivity (Wildman–Crippen MR) is 91.5 cm³/mol. The summed E-state index contributed by atoms with van der Waals surface area (Å²) in [5, 5.41) is 14.3. The van der Waals surface area contributed by atoms with Gasteiger partial charge in [-0.3, -0.25) is 9.59 Å². The van der Waals surface area contributed by atoms with Crippen molar-refractivity contribution in [1.82, 2.24) is 10.2 Å². The molecule has 0 aliphatic carbocycles. The zero-order valence-corrected chi connectivity index (χ0v) is 14.1. The summed E-state index contributed by atoms with van der Waals surface area (Å²) in [5.74, 6) is -1.24. The Bertz CT molecular complexity index is 528. The van der Waals surface area contributed by atoms with E-state index in [-0.39, 0.29) is 12.6 Å². The van der Waals surface area contributed by atoms with Gasteiger partial charge in [0.05, 0.1) is 6.61 Å². The van der Waals surface area contributed by atoms with Crippen LogP contribution in [-0.2, 0) is 9.59 Å². The molecule has 1 aliphatic rings. The second-order valence-corrected chi connectivity index (χ2v) is 6.38. The van der Waals surface area contributed by atoms with Crippen LogP contribution in [0.2, 0.25) is 0 Å². The van der Waals surface area contributed by atoms with Crippen molar-refractivity contribution in [2.45, 2.75) is 23.8 Å². The molecule has 1 saturated heterocycles. The van der Waals surface area contributed by atoms with E-state index in [0.29, 0.717) is 12.2 Å². The van der Waals surface area contributed by atoms with E-state index in [9.17, 15) is 9.59 Å². The Labute approximate surface area is 140 Å². The molecule has 0 spiro atoms. The molecule has 0 atom stereocenters. The summed E-state index contributed by atoms with van der Waals surface area (Å²) in [6.07, 6.45) is 3.57. The van der Waals surface area contributed by atoms with Gasteiger partial charge in [0.15, 0.2) is 0 Å². The number of amides is 2. The zero-order valence-electron chi connectivity index (χ0n) is 13.2. The third-order valence-corrected chi connectivity index (χ3v) is 4.64. The minimum Gasteiger partial charge on any atom is -0.395 e. The second-order valence-electron chi connectivity index (χ2n) is 5.50. The van der Waals surface area contributed by atoms with Gasteiger partial charge in [0, 0.05) is 36.3 Å². The lowest BCUT2D eigenvalue weighted by Crippen LogP contribution is -2.48. The molecule has 0 unspecified atom stereocenters. The molecule has 0 aromatic heterocycles. The first-order valence-corrected chi connectivity index (χ1v) is 8.94. The van der Waals surface area contributed by atoms with Crippen molar-refractivity contribution in [1.29, 1.82) is 0 Å². The van der Waals surface area contributed by atoms with E-state index in [1.807, 2.05) is 18.4 Å². The molecule has 2 rings (SSSR count). The first-order valence-electron chi connectivity index (χ1n) is 7.71. The van der Waals surface area contributed by atoms with E-state index in [1.54, 1.807) is 23.9 Å². The Balaban J connectivity index is 1.77. The minimum absolute atomic E-state index is 0.0158. The monoisotopic (exact) mass is 337 g/mol. The number of benzene rings is 1. The SMILES string of the molecule is CSc1ccc(NC(=O)C(=O)NC2CCN(CCO)CC2)cc1. The summed E-state index contributed by atoms with van der Waals surface area (Å²) in [7, 11) is 0. The Kier molecular flexibility index (Phi) is 6.88. The summed E-state index contributed by atoms with van der Waals surface area (Å²) in [6.45, 7) is 2.45. The topological polar surface area (TPSA) is 81.7 Å². The highest BCUT2D eigenvalue weighted by molar-refractivity contribution is 7.98. The van der Waals surface area contributed by atoms with Gasteiger partial charge in [-0.15, -0.1) is 11.8 Å². The standard InChI is InChI=1S/C16H23N3O3S/c1-23-14-4-2-12(3-5-14)17-15(21)16(22)18-13-6-8-19(9-7-13)10-11-20/h2-5,13,20H,6-11H2,1H3,(H,17,21)(H,18,22). The highest BCUT2D eigenvalue weighted by Gasteiger charge is 2.23. The second kappa shape index (κ2) is 8.90. The van der Waals surface area contributed by atoms with Gasteiger partial charge in [-0.2, -0.15) is 0 Å².